The zero-order chi connectivity index (χ0) is 25.5. The van der Waals surface area contributed by atoms with E-state index in [1.165, 1.54) is 44.1 Å². The highest BCUT2D eigenvalue weighted by atomic mass is 35.5. The number of rotatable bonds is 4. The van der Waals surface area contributed by atoms with Crippen molar-refractivity contribution >= 4 is 33.4 Å². The summed E-state index contributed by atoms with van der Waals surface area (Å²) in [5.41, 5.74) is 10.5. The molecule has 0 saturated carbocycles. The number of benzene rings is 6. The van der Waals surface area contributed by atoms with Crippen LogP contribution in [0.15, 0.2) is 146 Å². The second-order valence-electron chi connectivity index (χ2n) is 9.49. The Labute approximate surface area is 227 Å². The van der Waals surface area contributed by atoms with Gasteiger partial charge in [-0.2, -0.15) is 0 Å². The fraction of sp³-hybridized carbons (Fsp3) is 0. The second-order valence-corrected chi connectivity index (χ2v) is 9.93. The van der Waals surface area contributed by atoms with Crippen LogP contribution >= 0.6 is 11.6 Å². The molecule has 0 saturated heterocycles. The summed E-state index contributed by atoms with van der Waals surface area (Å²) in [6, 6.07) is 51.4. The minimum atomic E-state index is 0.724. The molecule has 1 heterocycles. The zero-order valence-corrected chi connectivity index (χ0v) is 21.4. The maximum absolute atomic E-state index is 6.58. The summed E-state index contributed by atoms with van der Waals surface area (Å²) >= 11 is 6.58. The minimum Gasteiger partial charge on any atom is -0.309 e. The van der Waals surface area contributed by atoms with Crippen molar-refractivity contribution < 1.29 is 0 Å². The molecule has 0 amide bonds. The Balaban J connectivity index is 1.61. The van der Waals surface area contributed by atoms with Gasteiger partial charge in [-0.1, -0.05) is 127 Å². The first-order valence-electron chi connectivity index (χ1n) is 12.8. The maximum atomic E-state index is 6.58. The number of para-hydroxylation sites is 2. The van der Waals surface area contributed by atoms with Crippen LogP contribution in [-0.2, 0) is 0 Å². The van der Waals surface area contributed by atoms with Gasteiger partial charge < -0.3 is 4.57 Å². The topological polar surface area (TPSA) is 4.93 Å². The molecule has 0 unspecified atom stereocenters. The summed E-state index contributed by atoms with van der Waals surface area (Å²) in [6.07, 6.45) is 0. The molecule has 6 aromatic carbocycles. The quantitative estimate of drug-likeness (QED) is 0.224. The Morgan fingerprint density at radius 1 is 0.421 bits per heavy atom. The van der Waals surface area contributed by atoms with E-state index in [0.717, 1.165) is 21.8 Å². The monoisotopic (exact) mass is 505 g/mol. The molecule has 38 heavy (non-hydrogen) atoms. The number of aromatic nitrogens is 1. The van der Waals surface area contributed by atoms with E-state index in [1.54, 1.807) is 0 Å². The van der Waals surface area contributed by atoms with E-state index in [-0.39, 0.29) is 0 Å². The van der Waals surface area contributed by atoms with Gasteiger partial charge in [-0.25, -0.2) is 0 Å². The molecule has 7 rings (SSSR count). The smallest absolute Gasteiger partial charge is 0.0546 e. The lowest BCUT2D eigenvalue weighted by Crippen LogP contribution is -2.00. The zero-order valence-electron chi connectivity index (χ0n) is 20.7. The molecule has 0 fully saturated rings. The molecule has 0 radical (unpaired) electrons. The van der Waals surface area contributed by atoms with Gasteiger partial charge in [-0.3, -0.25) is 0 Å². The molecule has 0 bridgehead atoms. The average molecular weight is 506 g/mol. The van der Waals surface area contributed by atoms with Crippen LogP contribution in [0.1, 0.15) is 0 Å². The van der Waals surface area contributed by atoms with E-state index < -0.39 is 0 Å². The first-order chi connectivity index (χ1) is 18.8. The fourth-order valence-corrected chi connectivity index (χ4v) is 5.86. The van der Waals surface area contributed by atoms with Crippen molar-refractivity contribution in [1.82, 2.24) is 4.57 Å². The van der Waals surface area contributed by atoms with Crippen LogP contribution in [0.2, 0.25) is 5.02 Å². The minimum absolute atomic E-state index is 0.724. The van der Waals surface area contributed by atoms with Gasteiger partial charge in [-0.15, -0.1) is 0 Å². The van der Waals surface area contributed by atoms with Crippen LogP contribution in [0.5, 0.6) is 0 Å². The Bertz CT molecular complexity index is 1880. The average Bonchev–Trinajstić information content (AvgIpc) is 3.31. The van der Waals surface area contributed by atoms with Crippen LogP contribution in [0.25, 0.3) is 60.9 Å². The van der Waals surface area contributed by atoms with Crippen molar-refractivity contribution in [1.29, 1.82) is 0 Å². The summed E-state index contributed by atoms with van der Waals surface area (Å²) in [7, 11) is 0. The third kappa shape index (κ3) is 3.72. The summed E-state index contributed by atoms with van der Waals surface area (Å²) in [5, 5.41) is 3.22. The van der Waals surface area contributed by atoms with E-state index in [4.69, 9.17) is 11.6 Å². The highest BCUT2D eigenvalue weighted by Crippen LogP contribution is 2.43. The molecule has 0 N–H and O–H groups in total. The van der Waals surface area contributed by atoms with Crippen molar-refractivity contribution in [3.63, 3.8) is 0 Å². The Morgan fingerprint density at radius 2 is 0.974 bits per heavy atom. The normalized spacial score (nSPS) is 11.3. The van der Waals surface area contributed by atoms with Crippen LogP contribution in [0, 0.1) is 0 Å². The third-order valence-electron chi connectivity index (χ3n) is 7.28. The van der Waals surface area contributed by atoms with E-state index in [9.17, 15) is 0 Å². The maximum Gasteiger partial charge on any atom is 0.0546 e. The molecule has 0 spiro atoms. The van der Waals surface area contributed by atoms with E-state index in [2.05, 4.69) is 138 Å². The van der Waals surface area contributed by atoms with Crippen LogP contribution in [-0.4, -0.2) is 4.57 Å². The predicted molar refractivity (Wildman–Crippen MR) is 162 cm³/mol. The fourth-order valence-electron chi connectivity index (χ4n) is 5.67. The standard InChI is InChI=1S/C36H24ClN/c37-27-15-10-14-26(24-27)36-32(29-17-5-4-16-28(29)25-12-2-1-3-13-25)20-11-23-35(36)38-33-21-8-6-18-30(33)31-19-7-9-22-34(31)38/h1-24H. The van der Waals surface area contributed by atoms with E-state index in [1.807, 2.05) is 12.1 Å². The third-order valence-corrected chi connectivity index (χ3v) is 7.51. The van der Waals surface area contributed by atoms with Gasteiger partial charge in [-0.05, 0) is 58.1 Å². The van der Waals surface area contributed by atoms with Crippen molar-refractivity contribution in [3.05, 3.63) is 151 Å². The van der Waals surface area contributed by atoms with Gasteiger partial charge in [0, 0.05) is 21.4 Å². The highest BCUT2D eigenvalue weighted by molar-refractivity contribution is 6.31. The molecule has 1 aromatic heterocycles. The molecule has 1 nitrogen and oxygen atoms in total. The van der Waals surface area contributed by atoms with Crippen molar-refractivity contribution in [2.24, 2.45) is 0 Å². The Hall–Kier alpha value is -4.59. The molecule has 180 valence electrons. The molecule has 0 aliphatic carbocycles. The van der Waals surface area contributed by atoms with Gasteiger partial charge in [0.1, 0.15) is 0 Å². The number of fused-ring (bicyclic) bond motifs is 3. The highest BCUT2D eigenvalue weighted by Gasteiger charge is 2.20. The van der Waals surface area contributed by atoms with Gasteiger partial charge >= 0.3 is 0 Å². The second kappa shape index (κ2) is 9.37. The molecule has 7 aromatic rings. The molecular formula is C36H24ClN. The van der Waals surface area contributed by atoms with E-state index in [0.29, 0.717) is 0 Å². The lowest BCUT2D eigenvalue weighted by Gasteiger charge is -2.20. The van der Waals surface area contributed by atoms with Crippen LogP contribution in [0.3, 0.4) is 0 Å². The Morgan fingerprint density at radius 3 is 1.68 bits per heavy atom. The van der Waals surface area contributed by atoms with Crippen molar-refractivity contribution in [2.45, 2.75) is 0 Å². The lowest BCUT2D eigenvalue weighted by molar-refractivity contribution is 1.18. The molecule has 0 aliphatic heterocycles. The van der Waals surface area contributed by atoms with Crippen LogP contribution < -0.4 is 0 Å². The predicted octanol–water partition coefficient (Wildman–Crippen LogP) is 10.4. The lowest BCUT2D eigenvalue weighted by atomic mass is 9.88. The molecular weight excluding hydrogens is 482 g/mol. The number of halogens is 1. The van der Waals surface area contributed by atoms with Crippen molar-refractivity contribution in [2.75, 3.05) is 0 Å². The van der Waals surface area contributed by atoms with Crippen molar-refractivity contribution in [3.8, 4) is 39.1 Å². The summed E-state index contributed by atoms with van der Waals surface area (Å²) in [6.45, 7) is 0. The molecule has 0 aliphatic rings. The summed E-state index contributed by atoms with van der Waals surface area (Å²) in [4.78, 5) is 0. The summed E-state index contributed by atoms with van der Waals surface area (Å²) in [5.74, 6) is 0. The van der Waals surface area contributed by atoms with E-state index >= 15 is 0 Å². The van der Waals surface area contributed by atoms with Gasteiger partial charge in [0.15, 0.2) is 0 Å². The largest absolute Gasteiger partial charge is 0.309 e. The number of hydrogen-bond donors (Lipinski definition) is 0. The number of hydrogen-bond acceptors (Lipinski definition) is 0. The molecule has 2 heteroatoms. The molecule has 0 atom stereocenters. The van der Waals surface area contributed by atoms with Gasteiger partial charge in [0.25, 0.3) is 0 Å². The number of nitrogens with zero attached hydrogens (tertiary/aromatic N) is 1. The van der Waals surface area contributed by atoms with Crippen LogP contribution in [0.4, 0.5) is 0 Å². The van der Waals surface area contributed by atoms with Gasteiger partial charge in [0.2, 0.25) is 0 Å². The Kier molecular flexibility index (Phi) is 5.57. The first kappa shape index (κ1) is 22.6. The SMILES string of the molecule is Clc1cccc(-c2c(-c3ccccc3-c3ccccc3)cccc2-n2c3ccccc3c3ccccc32)c1. The van der Waals surface area contributed by atoms with Gasteiger partial charge in [0.05, 0.1) is 16.7 Å². The first-order valence-corrected chi connectivity index (χ1v) is 13.2. The summed E-state index contributed by atoms with van der Waals surface area (Å²) < 4.78 is 2.40.